The first-order valence-electron chi connectivity index (χ1n) is 7.70. The van der Waals surface area contributed by atoms with Gasteiger partial charge in [-0.15, -0.1) is 0 Å². The fourth-order valence-electron chi connectivity index (χ4n) is 3.45. The number of nitrogens with two attached hydrogens (primary N) is 1. The molecule has 0 aromatic carbocycles. The third kappa shape index (κ3) is 3.71. The summed E-state index contributed by atoms with van der Waals surface area (Å²) in [6.07, 6.45) is 9.61. The molecule has 2 aliphatic rings. The van der Waals surface area contributed by atoms with Crippen molar-refractivity contribution in [2.24, 2.45) is 17.6 Å². The molecule has 18 heavy (non-hydrogen) atoms. The van der Waals surface area contributed by atoms with Crippen LogP contribution in [0.3, 0.4) is 0 Å². The number of likely N-dealkylation sites (tertiary alicyclic amines) is 1. The average Bonchev–Trinajstić information content (AvgIpc) is 2.89. The number of carbonyl (C=O) groups excluding carboxylic acids is 1. The zero-order chi connectivity index (χ0) is 13.0. The van der Waals surface area contributed by atoms with Crippen LogP contribution in [0.25, 0.3) is 0 Å². The topological polar surface area (TPSA) is 46.3 Å². The Labute approximate surface area is 111 Å². The molecule has 2 unspecified atom stereocenters. The lowest BCUT2D eigenvalue weighted by Crippen LogP contribution is -2.45. The summed E-state index contributed by atoms with van der Waals surface area (Å²) in [7, 11) is 0. The summed E-state index contributed by atoms with van der Waals surface area (Å²) in [5, 5.41) is 0. The van der Waals surface area contributed by atoms with Crippen molar-refractivity contribution in [3.8, 4) is 0 Å². The predicted octanol–water partition coefficient (Wildman–Crippen LogP) is 2.54. The maximum Gasteiger partial charge on any atom is 0.222 e. The maximum absolute atomic E-state index is 12.2. The fraction of sp³-hybridized carbons (Fsp3) is 0.933. The molecule has 2 N–H and O–H groups in total. The molecule has 0 spiro atoms. The van der Waals surface area contributed by atoms with Crippen LogP contribution in [0.1, 0.15) is 58.3 Å². The van der Waals surface area contributed by atoms with E-state index in [0.29, 0.717) is 11.8 Å². The Balaban J connectivity index is 1.73. The Hall–Kier alpha value is -0.570. The molecule has 104 valence electrons. The lowest BCUT2D eigenvalue weighted by Gasteiger charge is -2.34. The number of amides is 1. The van der Waals surface area contributed by atoms with Crippen LogP contribution in [0, 0.1) is 11.8 Å². The van der Waals surface area contributed by atoms with E-state index in [4.69, 9.17) is 5.73 Å². The standard InChI is InChI=1S/C15H28N2O/c1-12(16)14-7-4-10-17(11-14)15(18)9-8-13-5-2-3-6-13/h12-14H,2-11,16H2,1H3. The highest BCUT2D eigenvalue weighted by atomic mass is 16.2. The van der Waals surface area contributed by atoms with Crippen LogP contribution in [-0.4, -0.2) is 29.9 Å². The molecular weight excluding hydrogens is 224 g/mol. The molecule has 3 heteroatoms. The Morgan fingerprint density at radius 3 is 2.67 bits per heavy atom. The predicted molar refractivity (Wildman–Crippen MR) is 74.1 cm³/mol. The van der Waals surface area contributed by atoms with Gasteiger partial charge in [0.25, 0.3) is 0 Å². The lowest BCUT2D eigenvalue weighted by atomic mass is 9.91. The molecule has 0 radical (unpaired) electrons. The lowest BCUT2D eigenvalue weighted by molar-refractivity contribution is -0.133. The van der Waals surface area contributed by atoms with Crippen molar-refractivity contribution in [1.82, 2.24) is 4.90 Å². The van der Waals surface area contributed by atoms with Gasteiger partial charge in [0, 0.05) is 25.6 Å². The van der Waals surface area contributed by atoms with E-state index in [1.54, 1.807) is 0 Å². The third-order valence-corrected chi connectivity index (χ3v) is 4.80. The highest BCUT2D eigenvalue weighted by molar-refractivity contribution is 5.76. The second-order valence-electron chi connectivity index (χ2n) is 6.29. The number of rotatable bonds is 4. The normalized spacial score (nSPS) is 27.4. The van der Waals surface area contributed by atoms with Crippen LogP contribution < -0.4 is 5.73 Å². The van der Waals surface area contributed by atoms with Gasteiger partial charge in [0.1, 0.15) is 0 Å². The molecule has 1 aliphatic heterocycles. The molecule has 0 aromatic rings. The highest BCUT2D eigenvalue weighted by Gasteiger charge is 2.26. The van der Waals surface area contributed by atoms with Crippen molar-refractivity contribution >= 4 is 5.91 Å². The second kappa shape index (κ2) is 6.55. The Morgan fingerprint density at radius 1 is 1.28 bits per heavy atom. The van der Waals surface area contributed by atoms with E-state index in [1.807, 2.05) is 0 Å². The van der Waals surface area contributed by atoms with Gasteiger partial charge >= 0.3 is 0 Å². The molecule has 1 heterocycles. The summed E-state index contributed by atoms with van der Waals surface area (Å²) in [5.41, 5.74) is 5.97. The number of nitrogens with zero attached hydrogens (tertiary/aromatic N) is 1. The van der Waals surface area contributed by atoms with E-state index in [0.717, 1.165) is 38.3 Å². The van der Waals surface area contributed by atoms with Gasteiger partial charge < -0.3 is 10.6 Å². The minimum Gasteiger partial charge on any atom is -0.342 e. The number of hydrogen-bond acceptors (Lipinski definition) is 2. The molecule has 0 aromatic heterocycles. The number of hydrogen-bond donors (Lipinski definition) is 1. The first kappa shape index (κ1) is 13.9. The average molecular weight is 252 g/mol. The second-order valence-corrected chi connectivity index (χ2v) is 6.29. The molecule has 2 fully saturated rings. The molecule has 3 nitrogen and oxygen atoms in total. The number of piperidine rings is 1. The molecule has 1 amide bonds. The van der Waals surface area contributed by atoms with E-state index < -0.39 is 0 Å². The van der Waals surface area contributed by atoms with Gasteiger partial charge in [0.15, 0.2) is 0 Å². The van der Waals surface area contributed by atoms with Crippen LogP contribution in [0.2, 0.25) is 0 Å². The zero-order valence-electron chi connectivity index (χ0n) is 11.7. The van der Waals surface area contributed by atoms with Gasteiger partial charge in [-0.05, 0) is 38.0 Å². The van der Waals surface area contributed by atoms with Gasteiger partial charge in [-0.25, -0.2) is 0 Å². The minimum atomic E-state index is 0.218. The van der Waals surface area contributed by atoms with Crippen molar-refractivity contribution in [1.29, 1.82) is 0 Å². The van der Waals surface area contributed by atoms with Crippen molar-refractivity contribution in [2.75, 3.05) is 13.1 Å². The first-order chi connectivity index (χ1) is 8.66. The first-order valence-corrected chi connectivity index (χ1v) is 7.70. The van der Waals surface area contributed by atoms with Gasteiger partial charge in [-0.1, -0.05) is 25.7 Å². The van der Waals surface area contributed by atoms with Crippen LogP contribution in [0.15, 0.2) is 0 Å². The zero-order valence-corrected chi connectivity index (χ0v) is 11.7. The van der Waals surface area contributed by atoms with Crippen molar-refractivity contribution in [3.05, 3.63) is 0 Å². The molecular formula is C15H28N2O. The minimum absolute atomic E-state index is 0.218. The van der Waals surface area contributed by atoms with Gasteiger partial charge in [-0.3, -0.25) is 4.79 Å². The van der Waals surface area contributed by atoms with Gasteiger partial charge in [0.05, 0.1) is 0 Å². The van der Waals surface area contributed by atoms with Crippen LogP contribution >= 0.6 is 0 Å². The summed E-state index contributed by atoms with van der Waals surface area (Å²) in [4.78, 5) is 14.3. The summed E-state index contributed by atoms with van der Waals surface area (Å²) in [6, 6.07) is 0.218. The Morgan fingerprint density at radius 2 is 2.00 bits per heavy atom. The Bertz CT molecular complexity index is 272. The largest absolute Gasteiger partial charge is 0.342 e. The molecule has 2 atom stereocenters. The van der Waals surface area contributed by atoms with Crippen LogP contribution in [-0.2, 0) is 4.79 Å². The SMILES string of the molecule is CC(N)C1CCCN(C(=O)CCC2CCCC2)C1. The van der Waals surface area contributed by atoms with E-state index in [2.05, 4.69) is 11.8 Å². The van der Waals surface area contributed by atoms with E-state index in [1.165, 1.54) is 32.1 Å². The summed E-state index contributed by atoms with van der Waals surface area (Å²) in [5.74, 6) is 1.70. The highest BCUT2D eigenvalue weighted by Crippen LogP contribution is 2.29. The maximum atomic E-state index is 12.2. The molecule has 2 rings (SSSR count). The third-order valence-electron chi connectivity index (χ3n) is 4.80. The fourth-order valence-corrected chi connectivity index (χ4v) is 3.45. The Kier molecular flexibility index (Phi) is 5.04. The summed E-state index contributed by atoms with van der Waals surface area (Å²) < 4.78 is 0. The van der Waals surface area contributed by atoms with E-state index in [9.17, 15) is 4.79 Å². The van der Waals surface area contributed by atoms with Crippen molar-refractivity contribution in [3.63, 3.8) is 0 Å². The quantitative estimate of drug-likeness (QED) is 0.835. The molecule has 0 bridgehead atoms. The summed E-state index contributed by atoms with van der Waals surface area (Å²) >= 11 is 0. The number of carbonyl (C=O) groups is 1. The smallest absolute Gasteiger partial charge is 0.222 e. The van der Waals surface area contributed by atoms with Crippen molar-refractivity contribution in [2.45, 2.75) is 64.3 Å². The monoisotopic (exact) mass is 252 g/mol. The van der Waals surface area contributed by atoms with E-state index >= 15 is 0 Å². The van der Waals surface area contributed by atoms with Crippen LogP contribution in [0.5, 0.6) is 0 Å². The van der Waals surface area contributed by atoms with Crippen LogP contribution in [0.4, 0.5) is 0 Å². The summed E-state index contributed by atoms with van der Waals surface area (Å²) in [6.45, 7) is 3.91. The molecule has 1 saturated carbocycles. The molecule has 1 saturated heterocycles. The van der Waals surface area contributed by atoms with E-state index in [-0.39, 0.29) is 6.04 Å². The van der Waals surface area contributed by atoms with Gasteiger partial charge in [-0.2, -0.15) is 0 Å². The van der Waals surface area contributed by atoms with Crippen molar-refractivity contribution < 1.29 is 4.79 Å². The van der Waals surface area contributed by atoms with Gasteiger partial charge in [0.2, 0.25) is 5.91 Å². The molecule has 1 aliphatic carbocycles.